The van der Waals surface area contributed by atoms with E-state index >= 15 is 0 Å². The number of carbonyl (C=O) groups is 2. The fourth-order valence-corrected chi connectivity index (χ4v) is 8.00. The van der Waals surface area contributed by atoms with E-state index in [9.17, 15) is 19.8 Å². The average Bonchev–Trinajstić information content (AvgIpc) is 3.32. The summed E-state index contributed by atoms with van der Waals surface area (Å²) in [6.45, 7) is 6.34. The van der Waals surface area contributed by atoms with E-state index in [0.29, 0.717) is 25.7 Å². The number of carbonyl (C=O) groups excluding carboxylic acids is 2. The van der Waals surface area contributed by atoms with Crippen LogP contribution in [0.2, 0.25) is 0 Å². The van der Waals surface area contributed by atoms with Gasteiger partial charge in [0, 0.05) is 6.42 Å². The molecule has 0 aliphatic heterocycles. The summed E-state index contributed by atoms with van der Waals surface area (Å²) in [7, 11) is 0. The fourth-order valence-electron chi connectivity index (χ4n) is 8.00. The normalized spacial score (nSPS) is 13.9. The molecule has 1 amide bonds. The van der Waals surface area contributed by atoms with Crippen molar-refractivity contribution in [3.05, 3.63) is 97.2 Å². The van der Waals surface area contributed by atoms with Crippen molar-refractivity contribution in [2.75, 3.05) is 6.61 Å². The van der Waals surface area contributed by atoms with Crippen molar-refractivity contribution in [1.29, 1.82) is 0 Å². The second kappa shape index (κ2) is 53.7. The summed E-state index contributed by atoms with van der Waals surface area (Å²) in [5.74, 6) is -0.580. The summed E-state index contributed by atoms with van der Waals surface area (Å²) in [4.78, 5) is 26.2. The molecule has 384 valence electrons. The van der Waals surface area contributed by atoms with E-state index in [2.05, 4.69) is 123 Å². The molecule has 0 aromatic carbocycles. The molecule has 3 unspecified atom stereocenters. The fraction of sp³-hybridized carbons (Fsp3) is 0.705. The number of amides is 1. The molecular weight excluding hydrogens is 827 g/mol. The van der Waals surface area contributed by atoms with Crippen LogP contribution in [0.1, 0.15) is 252 Å². The number of nitrogens with one attached hydrogen (secondary N) is 1. The molecule has 0 rings (SSSR count). The summed E-state index contributed by atoms with van der Waals surface area (Å²) in [5.41, 5.74) is 0. The number of hydrogen-bond acceptors (Lipinski definition) is 5. The number of esters is 1. The average molecular weight is 933 g/mol. The Kier molecular flexibility index (Phi) is 51.1. The number of hydrogen-bond donors (Lipinski definition) is 3. The largest absolute Gasteiger partial charge is 0.462 e. The Hall–Kier alpha value is -3.22. The number of aliphatic hydroxyl groups is 2. The summed E-state index contributed by atoms with van der Waals surface area (Å²) in [5, 5.41) is 23.8. The lowest BCUT2D eigenvalue weighted by Crippen LogP contribution is -2.46. The Morgan fingerprint density at radius 1 is 0.463 bits per heavy atom. The topological polar surface area (TPSA) is 95.9 Å². The van der Waals surface area contributed by atoms with Gasteiger partial charge in [0.2, 0.25) is 5.91 Å². The number of allylic oxidation sites excluding steroid dienone is 16. The molecule has 67 heavy (non-hydrogen) atoms. The van der Waals surface area contributed by atoms with E-state index in [4.69, 9.17) is 4.74 Å². The smallest absolute Gasteiger partial charge is 0.306 e. The quantitative estimate of drug-likeness (QED) is 0.0244. The highest BCUT2D eigenvalue weighted by Gasteiger charge is 2.24. The van der Waals surface area contributed by atoms with Gasteiger partial charge in [0.05, 0.1) is 25.2 Å². The van der Waals surface area contributed by atoms with Gasteiger partial charge in [-0.3, -0.25) is 9.59 Å². The minimum Gasteiger partial charge on any atom is -0.462 e. The zero-order valence-electron chi connectivity index (χ0n) is 43.8. The molecule has 0 bridgehead atoms. The monoisotopic (exact) mass is 932 g/mol. The van der Waals surface area contributed by atoms with Crippen LogP contribution in [-0.4, -0.2) is 46.9 Å². The summed E-state index contributed by atoms with van der Waals surface area (Å²) >= 11 is 0. The van der Waals surface area contributed by atoms with E-state index in [-0.39, 0.29) is 24.9 Å². The van der Waals surface area contributed by atoms with Crippen LogP contribution in [0.25, 0.3) is 0 Å². The van der Waals surface area contributed by atoms with Gasteiger partial charge in [-0.25, -0.2) is 0 Å². The van der Waals surface area contributed by atoms with Crippen LogP contribution in [0.5, 0.6) is 0 Å². The minimum atomic E-state index is -0.813. The molecule has 0 aromatic rings. The van der Waals surface area contributed by atoms with Crippen LogP contribution in [-0.2, 0) is 14.3 Å². The van der Waals surface area contributed by atoms with Crippen LogP contribution in [0.3, 0.4) is 0 Å². The molecule has 0 saturated carbocycles. The Balaban J connectivity index is 4.74. The first-order valence-corrected chi connectivity index (χ1v) is 28.0. The first kappa shape index (κ1) is 63.8. The van der Waals surface area contributed by atoms with Gasteiger partial charge in [-0.05, 0) is 89.9 Å². The summed E-state index contributed by atoms with van der Waals surface area (Å²) in [6.07, 6.45) is 71.8. The van der Waals surface area contributed by atoms with Crippen LogP contribution >= 0.6 is 0 Å². The lowest BCUT2D eigenvalue weighted by atomic mass is 10.0. The number of ether oxygens (including phenoxy) is 1. The zero-order chi connectivity index (χ0) is 48.8. The van der Waals surface area contributed by atoms with E-state index in [1.54, 1.807) is 0 Å². The number of unbranched alkanes of at least 4 members (excludes halogenated alkanes) is 23. The van der Waals surface area contributed by atoms with Crippen molar-refractivity contribution in [1.82, 2.24) is 5.32 Å². The van der Waals surface area contributed by atoms with Crippen LogP contribution in [0.15, 0.2) is 97.2 Å². The first-order chi connectivity index (χ1) is 33.0. The van der Waals surface area contributed by atoms with Crippen LogP contribution in [0.4, 0.5) is 0 Å². The first-order valence-electron chi connectivity index (χ1n) is 28.0. The molecule has 6 heteroatoms. The number of aliphatic hydroxyl groups excluding tert-OH is 2. The van der Waals surface area contributed by atoms with E-state index < -0.39 is 18.2 Å². The molecule has 0 aliphatic carbocycles. The molecule has 3 N–H and O–H groups in total. The lowest BCUT2D eigenvalue weighted by Gasteiger charge is -2.24. The molecular formula is C61H105NO5. The van der Waals surface area contributed by atoms with Gasteiger partial charge < -0.3 is 20.3 Å². The van der Waals surface area contributed by atoms with Crippen molar-refractivity contribution in [2.45, 2.75) is 270 Å². The molecule has 0 saturated heterocycles. The predicted octanol–water partition coefficient (Wildman–Crippen LogP) is 17.3. The third-order valence-electron chi connectivity index (χ3n) is 12.2. The van der Waals surface area contributed by atoms with Gasteiger partial charge in [0.25, 0.3) is 0 Å². The zero-order valence-corrected chi connectivity index (χ0v) is 43.8. The highest BCUT2D eigenvalue weighted by Crippen LogP contribution is 2.17. The SMILES string of the molecule is CC/C=C\C/C=C\C/C=C\C/C=C\C/C=C\CCCC(=O)OC(CCCCC/C=C/C=C/C=C/CCCCCCC)CC(=O)NC(CO)C(O)CCCCCCCCCCCCCCCCC. The molecule has 0 fully saturated rings. The Bertz CT molecular complexity index is 1320. The molecule has 0 aliphatic rings. The molecule has 0 aromatic heterocycles. The minimum absolute atomic E-state index is 0.0274. The summed E-state index contributed by atoms with van der Waals surface area (Å²) < 4.78 is 5.91. The van der Waals surface area contributed by atoms with Crippen LogP contribution in [0, 0.1) is 0 Å². The summed E-state index contributed by atoms with van der Waals surface area (Å²) in [6, 6.07) is -0.731. The highest BCUT2D eigenvalue weighted by atomic mass is 16.5. The predicted molar refractivity (Wildman–Crippen MR) is 291 cm³/mol. The van der Waals surface area contributed by atoms with Crippen molar-refractivity contribution >= 4 is 11.9 Å². The third kappa shape index (κ3) is 49.0. The Labute approximate surface area is 414 Å². The Morgan fingerprint density at radius 3 is 1.34 bits per heavy atom. The van der Waals surface area contributed by atoms with E-state index in [1.165, 1.54) is 109 Å². The lowest BCUT2D eigenvalue weighted by molar-refractivity contribution is -0.151. The van der Waals surface area contributed by atoms with E-state index in [0.717, 1.165) is 89.9 Å². The van der Waals surface area contributed by atoms with Crippen molar-refractivity contribution in [3.8, 4) is 0 Å². The van der Waals surface area contributed by atoms with Gasteiger partial charge in [-0.15, -0.1) is 0 Å². The van der Waals surface area contributed by atoms with Crippen molar-refractivity contribution < 1.29 is 24.5 Å². The van der Waals surface area contributed by atoms with Crippen LogP contribution < -0.4 is 5.32 Å². The molecule has 6 nitrogen and oxygen atoms in total. The van der Waals surface area contributed by atoms with Gasteiger partial charge in [0.15, 0.2) is 0 Å². The van der Waals surface area contributed by atoms with Gasteiger partial charge in [-0.1, -0.05) is 246 Å². The molecule has 0 heterocycles. The second-order valence-electron chi connectivity index (χ2n) is 18.7. The van der Waals surface area contributed by atoms with Gasteiger partial charge in [0.1, 0.15) is 6.10 Å². The maximum atomic E-state index is 13.3. The number of rotatable bonds is 49. The third-order valence-corrected chi connectivity index (χ3v) is 12.2. The van der Waals surface area contributed by atoms with Gasteiger partial charge >= 0.3 is 5.97 Å². The van der Waals surface area contributed by atoms with E-state index in [1.807, 2.05) is 0 Å². The molecule has 0 radical (unpaired) electrons. The standard InChI is InChI=1S/C61H105NO5/c1-4-7-10-13-16-19-22-25-28-30-33-36-39-42-45-48-51-54-61(66)67-57(52-49-46-43-40-37-34-32-29-26-23-20-17-14-11-8-5-2)55-60(65)62-58(56-63)59(64)53-50-47-44-41-38-35-31-27-24-21-18-15-12-9-6-3/h7,10,16,19,23,25-26,28-29,32-34,36-37,42,45,57-59,63-64H,4-6,8-9,11-15,17-18,20-22,24,27,30-31,35,38-41,43-44,46-56H2,1-3H3,(H,62,65)/b10-7-,19-16-,26-23+,28-25-,32-29+,36-33-,37-34+,45-42-. The van der Waals surface area contributed by atoms with Crippen molar-refractivity contribution in [2.24, 2.45) is 0 Å². The Morgan fingerprint density at radius 2 is 0.866 bits per heavy atom. The second-order valence-corrected chi connectivity index (χ2v) is 18.7. The maximum Gasteiger partial charge on any atom is 0.306 e. The highest BCUT2D eigenvalue weighted by molar-refractivity contribution is 5.77. The van der Waals surface area contributed by atoms with Crippen molar-refractivity contribution in [3.63, 3.8) is 0 Å². The molecule has 0 spiro atoms. The van der Waals surface area contributed by atoms with Gasteiger partial charge in [-0.2, -0.15) is 0 Å². The molecule has 3 atom stereocenters. The maximum absolute atomic E-state index is 13.3.